The Labute approximate surface area is 191 Å². The van der Waals surface area contributed by atoms with Crippen LogP contribution in [-0.4, -0.2) is 72.8 Å². The van der Waals surface area contributed by atoms with Gasteiger partial charge in [0.25, 0.3) is 0 Å². The summed E-state index contributed by atoms with van der Waals surface area (Å²) in [5.41, 5.74) is 2.35. The van der Waals surface area contributed by atoms with Crippen LogP contribution in [0.2, 0.25) is 0 Å². The van der Waals surface area contributed by atoms with Crippen LogP contribution in [0.25, 0.3) is 11.0 Å². The summed E-state index contributed by atoms with van der Waals surface area (Å²) in [5, 5.41) is 0. The summed E-state index contributed by atoms with van der Waals surface area (Å²) >= 11 is 0. The van der Waals surface area contributed by atoms with Gasteiger partial charge in [-0.15, -0.1) is 0 Å². The van der Waals surface area contributed by atoms with Crippen LogP contribution in [0.4, 0.5) is 0 Å². The highest BCUT2D eigenvalue weighted by atomic mass is 16.5. The molecule has 1 aliphatic rings. The zero-order chi connectivity index (χ0) is 22.2. The van der Waals surface area contributed by atoms with Gasteiger partial charge in [0, 0.05) is 39.1 Å². The maximum absolute atomic E-state index is 5.95. The first-order chi connectivity index (χ1) is 15.7. The molecule has 0 saturated carbocycles. The van der Waals surface area contributed by atoms with Crippen molar-refractivity contribution in [1.29, 1.82) is 0 Å². The Bertz CT molecular complexity index is 979. The van der Waals surface area contributed by atoms with Crippen molar-refractivity contribution < 1.29 is 9.47 Å². The van der Waals surface area contributed by atoms with Crippen molar-refractivity contribution in [3.05, 3.63) is 54.4 Å². The van der Waals surface area contributed by atoms with Gasteiger partial charge in [-0.2, -0.15) is 0 Å². The highest BCUT2D eigenvalue weighted by Crippen LogP contribution is 2.26. The fraction of sp³-hybridized carbons (Fsp3) is 0.500. The van der Waals surface area contributed by atoms with Gasteiger partial charge in [-0.3, -0.25) is 0 Å². The number of rotatable bonds is 11. The van der Waals surface area contributed by atoms with E-state index >= 15 is 0 Å². The van der Waals surface area contributed by atoms with Gasteiger partial charge in [0.2, 0.25) is 0 Å². The molecule has 0 N–H and O–H groups in total. The number of para-hydroxylation sites is 4. The highest BCUT2D eigenvalue weighted by Gasteiger charge is 2.15. The molecule has 0 atom stereocenters. The Hall–Kier alpha value is -2.57. The Balaban J connectivity index is 1.30. The summed E-state index contributed by atoms with van der Waals surface area (Å²) in [7, 11) is 3.89. The SMILES string of the molecule is COc1ccccc1OCCCCn1c(CCCN2CCN(C)CC2)nc2ccccc21. The molecule has 1 aromatic heterocycles. The molecule has 0 bridgehead atoms. The number of hydrogen-bond donors (Lipinski definition) is 0. The molecule has 0 amide bonds. The smallest absolute Gasteiger partial charge is 0.161 e. The Morgan fingerprint density at radius 3 is 2.41 bits per heavy atom. The first-order valence-electron chi connectivity index (χ1n) is 11.9. The van der Waals surface area contributed by atoms with Crippen molar-refractivity contribution in [2.24, 2.45) is 0 Å². The molecule has 3 aromatic rings. The van der Waals surface area contributed by atoms with Gasteiger partial charge in [-0.1, -0.05) is 24.3 Å². The standard InChI is InChI=1S/C26H36N4O2/c1-28-17-19-29(20-18-28)15-9-14-26-27-22-10-3-4-11-23(22)30(26)16-7-8-21-32-25-13-6-5-12-24(25)31-2/h3-6,10-13H,7-9,14-21H2,1-2H3. The fourth-order valence-corrected chi connectivity index (χ4v) is 4.39. The number of imidazole rings is 1. The number of benzene rings is 2. The van der Waals surface area contributed by atoms with Gasteiger partial charge in [-0.05, 0) is 57.1 Å². The van der Waals surface area contributed by atoms with E-state index in [0.717, 1.165) is 55.8 Å². The fourth-order valence-electron chi connectivity index (χ4n) is 4.39. The number of aromatic nitrogens is 2. The molecule has 6 nitrogen and oxygen atoms in total. The molecule has 0 aliphatic carbocycles. The van der Waals surface area contributed by atoms with Crippen molar-refractivity contribution in [2.75, 3.05) is 53.5 Å². The van der Waals surface area contributed by atoms with Crippen molar-refractivity contribution in [3.8, 4) is 11.5 Å². The lowest BCUT2D eigenvalue weighted by Crippen LogP contribution is -2.44. The first-order valence-corrected chi connectivity index (χ1v) is 11.9. The predicted octanol–water partition coefficient (Wildman–Crippen LogP) is 4.08. The minimum Gasteiger partial charge on any atom is -0.493 e. The molecule has 1 fully saturated rings. The molecule has 32 heavy (non-hydrogen) atoms. The van der Waals surface area contributed by atoms with Gasteiger partial charge in [0.05, 0.1) is 24.8 Å². The van der Waals surface area contributed by atoms with E-state index in [9.17, 15) is 0 Å². The van der Waals surface area contributed by atoms with E-state index in [1.54, 1.807) is 7.11 Å². The maximum Gasteiger partial charge on any atom is 0.161 e. The lowest BCUT2D eigenvalue weighted by Gasteiger charge is -2.32. The molecule has 1 saturated heterocycles. The van der Waals surface area contributed by atoms with Crippen LogP contribution in [0, 0.1) is 0 Å². The monoisotopic (exact) mass is 436 g/mol. The van der Waals surface area contributed by atoms with Gasteiger partial charge in [0.15, 0.2) is 11.5 Å². The number of likely N-dealkylation sites (N-methyl/N-ethyl adjacent to an activating group) is 1. The Kier molecular flexibility index (Phi) is 8.02. The van der Waals surface area contributed by atoms with Crippen molar-refractivity contribution in [2.45, 2.75) is 32.2 Å². The van der Waals surface area contributed by atoms with Crippen molar-refractivity contribution in [1.82, 2.24) is 19.4 Å². The van der Waals surface area contributed by atoms with Crippen molar-refractivity contribution in [3.63, 3.8) is 0 Å². The van der Waals surface area contributed by atoms with E-state index in [1.807, 2.05) is 24.3 Å². The molecule has 6 heteroatoms. The summed E-state index contributed by atoms with van der Waals surface area (Å²) in [6, 6.07) is 16.3. The Morgan fingerprint density at radius 2 is 1.59 bits per heavy atom. The lowest BCUT2D eigenvalue weighted by atomic mass is 10.2. The number of aryl methyl sites for hydroxylation is 2. The van der Waals surface area contributed by atoms with Crippen LogP contribution in [0.5, 0.6) is 11.5 Å². The summed E-state index contributed by atoms with van der Waals surface area (Å²) in [6.45, 7) is 7.53. The average molecular weight is 437 g/mol. The van der Waals surface area contributed by atoms with Crippen LogP contribution in [0.15, 0.2) is 48.5 Å². The molecule has 0 spiro atoms. The second kappa shape index (κ2) is 11.3. The van der Waals surface area contributed by atoms with Crippen molar-refractivity contribution >= 4 is 11.0 Å². The van der Waals surface area contributed by atoms with E-state index < -0.39 is 0 Å². The Morgan fingerprint density at radius 1 is 0.844 bits per heavy atom. The zero-order valence-electron chi connectivity index (χ0n) is 19.5. The lowest BCUT2D eigenvalue weighted by molar-refractivity contribution is 0.152. The second-order valence-electron chi connectivity index (χ2n) is 8.62. The third-order valence-electron chi connectivity index (χ3n) is 6.31. The van der Waals surface area contributed by atoms with Crippen LogP contribution < -0.4 is 9.47 Å². The molecule has 2 heterocycles. The average Bonchev–Trinajstić information content (AvgIpc) is 3.18. The minimum atomic E-state index is 0.686. The molecule has 4 rings (SSSR count). The number of piperazine rings is 1. The number of nitrogens with zero attached hydrogens (tertiary/aromatic N) is 4. The summed E-state index contributed by atoms with van der Waals surface area (Å²) in [6.07, 6.45) is 4.23. The topological polar surface area (TPSA) is 42.8 Å². The molecule has 1 aliphatic heterocycles. The van der Waals surface area contributed by atoms with Gasteiger partial charge >= 0.3 is 0 Å². The van der Waals surface area contributed by atoms with Gasteiger partial charge in [-0.25, -0.2) is 4.98 Å². The number of fused-ring (bicyclic) bond motifs is 1. The number of methoxy groups -OCH3 is 1. The first kappa shape index (κ1) is 22.6. The predicted molar refractivity (Wildman–Crippen MR) is 130 cm³/mol. The number of unbranched alkanes of at least 4 members (excludes halogenated alkanes) is 1. The summed E-state index contributed by atoms with van der Waals surface area (Å²) < 4.78 is 13.7. The third kappa shape index (κ3) is 5.81. The summed E-state index contributed by atoms with van der Waals surface area (Å²) in [4.78, 5) is 9.96. The quantitative estimate of drug-likeness (QED) is 0.424. The zero-order valence-corrected chi connectivity index (χ0v) is 19.5. The maximum atomic E-state index is 5.95. The molecule has 172 valence electrons. The second-order valence-corrected chi connectivity index (χ2v) is 8.62. The summed E-state index contributed by atoms with van der Waals surface area (Å²) in [5.74, 6) is 2.81. The molecule has 0 unspecified atom stereocenters. The van der Waals surface area contributed by atoms with E-state index in [2.05, 4.69) is 45.7 Å². The van der Waals surface area contributed by atoms with E-state index in [4.69, 9.17) is 14.5 Å². The van der Waals surface area contributed by atoms with E-state index in [1.165, 1.54) is 37.5 Å². The molecule has 0 radical (unpaired) electrons. The molecular formula is C26H36N4O2. The van der Waals surface area contributed by atoms with Crippen LogP contribution in [-0.2, 0) is 13.0 Å². The van der Waals surface area contributed by atoms with Crippen LogP contribution >= 0.6 is 0 Å². The number of hydrogen-bond acceptors (Lipinski definition) is 5. The van der Waals surface area contributed by atoms with Crippen LogP contribution in [0.3, 0.4) is 0 Å². The normalized spacial score (nSPS) is 15.3. The largest absolute Gasteiger partial charge is 0.493 e. The highest BCUT2D eigenvalue weighted by molar-refractivity contribution is 5.75. The van der Waals surface area contributed by atoms with Gasteiger partial charge in [0.1, 0.15) is 5.82 Å². The molecular weight excluding hydrogens is 400 g/mol. The van der Waals surface area contributed by atoms with Gasteiger partial charge < -0.3 is 23.8 Å². The number of ether oxygens (including phenoxy) is 2. The molecule has 2 aromatic carbocycles. The van der Waals surface area contributed by atoms with E-state index in [0.29, 0.717) is 6.61 Å². The van der Waals surface area contributed by atoms with E-state index in [-0.39, 0.29) is 0 Å². The third-order valence-corrected chi connectivity index (χ3v) is 6.31. The van der Waals surface area contributed by atoms with Crippen LogP contribution in [0.1, 0.15) is 25.1 Å². The minimum absolute atomic E-state index is 0.686.